The third-order valence-corrected chi connectivity index (χ3v) is 5.66. The van der Waals surface area contributed by atoms with E-state index in [4.69, 9.17) is 0 Å². The van der Waals surface area contributed by atoms with Crippen molar-refractivity contribution in [2.24, 2.45) is 0 Å². The SMILES string of the molecule is CCCCCCCCCCC(O)CCCCc1ccc(Nc2ccccc2)cc1. The van der Waals surface area contributed by atoms with Gasteiger partial charge in [0, 0.05) is 11.4 Å². The van der Waals surface area contributed by atoms with E-state index in [-0.39, 0.29) is 6.10 Å². The van der Waals surface area contributed by atoms with E-state index in [2.05, 4.69) is 48.6 Å². The minimum Gasteiger partial charge on any atom is -0.393 e. The van der Waals surface area contributed by atoms with Gasteiger partial charge in [-0.3, -0.25) is 0 Å². The molecule has 0 saturated heterocycles. The Morgan fingerprint density at radius 2 is 1.21 bits per heavy atom. The summed E-state index contributed by atoms with van der Waals surface area (Å²) in [5.41, 5.74) is 3.62. The van der Waals surface area contributed by atoms with Gasteiger partial charge >= 0.3 is 0 Å². The topological polar surface area (TPSA) is 32.3 Å². The molecule has 2 aromatic carbocycles. The van der Waals surface area contributed by atoms with Crippen LogP contribution in [0.25, 0.3) is 0 Å². The summed E-state index contributed by atoms with van der Waals surface area (Å²) in [6.07, 6.45) is 15.9. The summed E-state index contributed by atoms with van der Waals surface area (Å²) < 4.78 is 0. The van der Waals surface area contributed by atoms with Gasteiger partial charge in [-0.25, -0.2) is 0 Å². The number of aryl methyl sites for hydroxylation is 1. The quantitative estimate of drug-likeness (QED) is 0.282. The van der Waals surface area contributed by atoms with Crippen molar-refractivity contribution in [3.05, 3.63) is 60.2 Å². The fourth-order valence-electron chi connectivity index (χ4n) is 3.81. The predicted molar refractivity (Wildman–Crippen MR) is 127 cm³/mol. The molecule has 0 aromatic heterocycles. The first-order chi connectivity index (χ1) is 14.3. The molecule has 2 heteroatoms. The van der Waals surface area contributed by atoms with E-state index in [0.29, 0.717) is 0 Å². The van der Waals surface area contributed by atoms with Gasteiger partial charge in [0.1, 0.15) is 0 Å². The summed E-state index contributed by atoms with van der Waals surface area (Å²) in [7, 11) is 0. The van der Waals surface area contributed by atoms with Gasteiger partial charge in [0.05, 0.1) is 6.10 Å². The molecular formula is C27H41NO. The maximum atomic E-state index is 10.2. The minimum atomic E-state index is -0.104. The molecule has 2 N–H and O–H groups in total. The van der Waals surface area contributed by atoms with E-state index in [1.54, 1.807) is 0 Å². The van der Waals surface area contributed by atoms with E-state index in [9.17, 15) is 5.11 Å². The first kappa shape index (κ1) is 23.5. The highest BCUT2D eigenvalue weighted by molar-refractivity contribution is 5.59. The molecule has 0 aliphatic rings. The van der Waals surface area contributed by atoms with Crippen LogP contribution in [0.4, 0.5) is 11.4 Å². The summed E-state index contributed by atoms with van der Waals surface area (Å²) in [6, 6.07) is 19.0. The summed E-state index contributed by atoms with van der Waals surface area (Å²) >= 11 is 0. The lowest BCUT2D eigenvalue weighted by molar-refractivity contribution is 0.147. The van der Waals surface area contributed by atoms with Gasteiger partial charge < -0.3 is 10.4 Å². The molecule has 0 saturated carbocycles. The van der Waals surface area contributed by atoms with Gasteiger partial charge in [-0.2, -0.15) is 0 Å². The van der Waals surface area contributed by atoms with E-state index < -0.39 is 0 Å². The number of aliphatic hydroxyl groups is 1. The molecule has 0 heterocycles. The molecular weight excluding hydrogens is 354 g/mol. The fourth-order valence-corrected chi connectivity index (χ4v) is 3.81. The van der Waals surface area contributed by atoms with Crippen LogP contribution in [0, 0.1) is 0 Å². The van der Waals surface area contributed by atoms with Gasteiger partial charge in [0.25, 0.3) is 0 Å². The van der Waals surface area contributed by atoms with Crippen molar-refractivity contribution < 1.29 is 5.11 Å². The molecule has 2 nitrogen and oxygen atoms in total. The molecule has 2 rings (SSSR count). The number of hydrogen-bond donors (Lipinski definition) is 2. The lowest BCUT2D eigenvalue weighted by atomic mass is 10.0. The molecule has 0 aliphatic heterocycles. The third kappa shape index (κ3) is 11.1. The van der Waals surface area contributed by atoms with Crippen LogP contribution < -0.4 is 5.32 Å². The van der Waals surface area contributed by atoms with Crippen LogP contribution in [-0.2, 0) is 6.42 Å². The average Bonchev–Trinajstić information content (AvgIpc) is 2.75. The Balaban J connectivity index is 1.49. The molecule has 1 atom stereocenters. The monoisotopic (exact) mass is 395 g/mol. The maximum Gasteiger partial charge on any atom is 0.0540 e. The Hall–Kier alpha value is -1.80. The van der Waals surface area contributed by atoms with Gasteiger partial charge in [-0.05, 0) is 55.5 Å². The molecule has 29 heavy (non-hydrogen) atoms. The zero-order valence-corrected chi connectivity index (χ0v) is 18.4. The van der Waals surface area contributed by atoms with Gasteiger partial charge in [0.15, 0.2) is 0 Å². The van der Waals surface area contributed by atoms with Crippen molar-refractivity contribution in [3.63, 3.8) is 0 Å². The fraction of sp³-hybridized carbons (Fsp3) is 0.556. The van der Waals surface area contributed by atoms with Crippen LogP contribution in [0.15, 0.2) is 54.6 Å². The second kappa shape index (κ2) is 15.1. The summed E-state index contributed by atoms with van der Waals surface area (Å²) in [4.78, 5) is 0. The number of unbranched alkanes of at least 4 members (excludes halogenated alkanes) is 8. The van der Waals surface area contributed by atoms with Crippen molar-refractivity contribution in [2.45, 2.75) is 96.5 Å². The third-order valence-electron chi connectivity index (χ3n) is 5.66. The lowest BCUT2D eigenvalue weighted by Gasteiger charge is -2.11. The molecule has 0 bridgehead atoms. The highest BCUT2D eigenvalue weighted by atomic mass is 16.3. The number of aliphatic hydroxyl groups excluding tert-OH is 1. The van der Waals surface area contributed by atoms with Crippen molar-refractivity contribution in [1.29, 1.82) is 0 Å². The van der Waals surface area contributed by atoms with E-state index in [1.165, 1.54) is 56.9 Å². The van der Waals surface area contributed by atoms with E-state index in [1.807, 2.05) is 18.2 Å². The summed E-state index contributed by atoms with van der Waals surface area (Å²) in [6.45, 7) is 2.27. The number of benzene rings is 2. The van der Waals surface area contributed by atoms with Crippen LogP contribution >= 0.6 is 0 Å². The van der Waals surface area contributed by atoms with Crippen LogP contribution in [0.2, 0.25) is 0 Å². The summed E-state index contributed by atoms with van der Waals surface area (Å²) in [5.74, 6) is 0. The largest absolute Gasteiger partial charge is 0.393 e. The lowest BCUT2D eigenvalue weighted by Crippen LogP contribution is -2.06. The standard InChI is InChI=1S/C27H41NO/c1-2-3-4-5-6-7-8-12-18-27(29)19-14-13-15-24-20-22-26(23-21-24)28-25-16-10-9-11-17-25/h9-11,16-17,20-23,27-29H,2-8,12-15,18-19H2,1H3. The van der Waals surface area contributed by atoms with E-state index in [0.717, 1.165) is 43.5 Å². The number of rotatable bonds is 16. The van der Waals surface area contributed by atoms with Gasteiger partial charge in [-0.1, -0.05) is 95.0 Å². The zero-order chi connectivity index (χ0) is 20.6. The molecule has 0 radical (unpaired) electrons. The molecule has 2 aromatic rings. The Morgan fingerprint density at radius 3 is 1.86 bits per heavy atom. The van der Waals surface area contributed by atoms with Gasteiger partial charge in [-0.15, -0.1) is 0 Å². The Labute approximate surface area is 178 Å². The Morgan fingerprint density at radius 1 is 0.655 bits per heavy atom. The molecule has 0 spiro atoms. The first-order valence-corrected chi connectivity index (χ1v) is 11.9. The second-order valence-electron chi connectivity index (χ2n) is 8.35. The highest BCUT2D eigenvalue weighted by Gasteiger charge is 2.04. The molecule has 0 aliphatic carbocycles. The second-order valence-corrected chi connectivity index (χ2v) is 8.35. The van der Waals surface area contributed by atoms with Crippen molar-refractivity contribution in [2.75, 3.05) is 5.32 Å². The maximum absolute atomic E-state index is 10.2. The van der Waals surface area contributed by atoms with Gasteiger partial charge in [0.2, 0.25) is 0 Å². The molecule has 0 fully saturated rings. The van der Waals surface area contributed by atoms with E-state index >= 15 is 0 Å². The predicted octanol–water partition coefficient (Wildman–Crippen LogP) is 8.03. The average molecular weight is 396 g/mol. The van der Waals surface area contributed by atoms with Crippen LogP contribution in [0.3, 0.4) is 0 Å². The minimum absolute atomic E-state index is 0.104. The zero-order valence-electron chi connectivity index (χ0n) is 18.4. The normalized spacial score (nSPS) is 12.1. The van der Waals surface area contributed by atoms with Crippen molar-refractivity contribution in [1.82, 2.24) is 0 Å². The molecule has 160 valence electrons. The summed E-state index contributed by atoms with van der Waals surface area (Å²) in [5, 5.41) is 13.6. The van der Waals surface area contributed by atoms with Crippen LogP contribution in [-0.4, -0.2) is 11.2 Å². The number of nitrogens with one attached hydrogen (secondary N) is 1. The Bertz CT molecular complexity index is 623. The number of para-hydroxylation sites is 1. The van der Waals surface area contributed by atoms with Crippen molar-refractivity contribution >= 4 is 11.4 Å². The highest BCUT2D eigenvalue weighted by Crippen LogP contribution is 2.18. The molecule has 0 amide bonds. The Kier molecular flexibility index (Phi) is 12.2. The molecule has 1 unspecified atom stereocenters. The van der Waals surface area contributed by atoms with Crippen LogP contribution in [0.5, 0.6) is 0 Å². The van der Waals surface area contributed by atoms with Crippen LogP contribution in [0.1, 0.15) is 89.5 Å². The first-order valence-electron chi connectivity index (χ1n) is 11.9. The number of anilines is 2. The number of hydrogen-bond acceptors (Lipinski definition) is 2. The van der Waals surface area contributed by atoms with Crippen molar-refractivity contribution in [3.8, 4) is 0 Å². The smallest absolute Gasteiger partial charge is 0.0540 e.